The molecule has 3 N–H and O–H groups in total. The third kappa shape index (κ3) is 4.98. The van der Waals surface area contributed by atoms with Crippen LogP contribution in [0.25, 0.3) is 0 Å². The number of carbonyl (C=O) groups is 4. The standard InChI is InChI=1S/C16H18F2N2O6/c1-7(11(15(23)25-2)16(24)26-3)12(13(19)21)20-14(22)8-4-9(17)6-10(18)5-8/h4-7,11-12H,1-3H3,(H2,19,21)(H,20,22)/t7-,12-/m0/s1. The van der Waals surface area contributed by atoms with Crippen LogP contribution in [0.3, 0.4) is 0 Å². The first-order valence-electron chi connectivity index (χ1n) is 7.34. The predicted octanol–water partition coefficient (Wildman–Crippen LogP) is 0.147. The summed E-state index contributed by atoms with van der Waals surface area (Å²) in [6, 6.07) is 0.547. The van der Waals surface area contributed by atoms with E-state index in [-0.39, 0.29) is 0 Å². The average Bonchev–Trinajstić information content (AvgIpc) is 2.57. The first-order valence-corrected chi connectivity index (χ1v) is 7.34. The van der Waals surface area contributed by atoms with Crippen LogP contribution in [0.2, 0.25) is 0 Å². The second-order valence-corrected chi connectivity index (χ2v) is 5.39. The molecule has 0 bridgehead atoms. The van der Waals surface area contributed by atoms with Crippen molar-refractivity contribution in [2.24, 2.45) is 17.6 Å². The summed E-state index contributed by atoms with van der Waals surface area (Å²) < 4.78 is 35.5. The molecule has 0 aliphatic heterocycles. The van der Waals surface area contributed by atoms with Gasteiger partial charge in [0.25, 0.3) is 5.91 Å². The van der Waals surface area contributed by atoms with Gasteiger partial charge in [-0.1, -0.05) is 6.92 Å². The molecule has 0 unspecified atom stereocenters. The van der Waals surface area contributed by atoms with Crippen LogP contribution in [0.15, 0.2) is 18.2 Å². The first-order chi connectivity index (χ1) is 12.1. The molecule has 0 spiro atoms. The Morgan fingerprint density at radius 1 is 1.00 bits per heavy atom. The highest BCUT2D eigenvalue weighted by Crippen LogP contribution is 2.20. The van der Waals surface area contributed by atoms with E-state index in [0.717, 1.165) is 26.4 Å². The number of hydrogen-bond acceptors (Lipinski definition) is 6. The van der Waals surface area contributed by atoms with Crippen molar-refractivity contribution in [2.75, 3.05) is 14.2 Å². The van der Waals surface area contributed by atoms with Crippen LogP contribution in [-0.2, 0) is 23.9 Å². The second kappa shape index (κ2) is 8.88. The Balaban J connectivity index is 3.13. The zero-order chi connectivity index (χ0) is 20.0. The Kier molecular flexibility index (Phi) is 7.17. The zero-order valence-electron chi connectivity index (χ0n) is 14.2. The fourth-order valence-corrected chi connectivity index (χ4v) is 2.34. The van der Waals surface area contributed by atoms with Crippen molar-refractivity contribution in [3.05, 3.63) is 35.4 Å². The quantitative estimate of drug-likeness (QED) is 0.518. The molecule has 0 radical (unpaired) electrons. The third-order valence-corrected chi connectivity index (χ3v) is 3.68. The minimum Gasteiger partial charge on any atom is -0.468 e. The lowest BCUT2D eigenvalue weighted by Gasteiger charge is -2.26. The fourth-order valence-electron chi connectivity index (χ4n) is 2.34. The summed E-state index contributed by atoms with van der Waals surface area (Å²) in [5, 5.41) is 2.16. The molecule has 142 valence electrons. The van der Waals surface area contributed by atoms with Crippen molar-refractivity contribution in [2.45, 2.75) is 13.0 Å². The summed E-state index contributed by atoms with van der Waals surface area (Å²) >= 11 is 0. The van der Waals surface area contributed by atoms with E-state index in [2.05, 4.69) is 14.8 Å². The van der Waals surface area contributed by atoms with E-state index in [9.17, 15) is 28.0 Å². The van der Waals surface area contributed by atoms with Crippen molar-refractivity contribution in [3.8, 4) is 0 Å². The van der Waals surface area contributed by atoms with E-state index in [1.54, 1.807) is 0 Å². The molecule has 8 nitrogen and oxygen atoms in total. The van der Waals surface area contributed by atoms with Gasteiger partial charge in [0.05, 0.1) is 14.2 Å². The molecular formula is C16H18F2N2O6. The van der Waals surface area contributed by atoms with Crippen molar-refractivity contribution in [3.63, 3.8) is 0 Å². The van der Waals surface area contributed by atoms with E-state index in [0.29, 0.717) is 6.07 Å². The SMILES string of the molecule is COC(=O)C(C(=O)OC)[C@H](C)[C@H](NC(=O)c1cc(F)cc(F)c1)C(N)=O. The van der Waals surface area contributed by atoms with E-state index in [4.69, 9.17) is 5.73 Å². The predicted molar refractivity (Wildman–Crippen MR) is 83.5 cm³/mol. The minimum atomic E-state index is -1.55. The molecule has 0 saturated heterocycles. The van der Waals surface area contributed by atoms with Crippen LogP contribution in [0.4, 0.5) is 8.78 Å². The van der Waals surface area contributed by atoms with Gasteiger partial charge in [-0.15, -0.1) is 0 Å². The number of primary amides is 1. The minimum absolute atomic E-state index is 0.409. The molecule has 1 aromatic rings. The van der Waals surface area contributed by atoms with Gasteiger partial charge in [-0.3, -0.25) is 19.2 Å². The molecule has 0 fully saturated rings. The highest BCUT2D eigenvalue weighted by atomic mass is 19.1. The molecular weight excluding hydrogens is 354 g/mol. The Bertz CT molecular complexity index is 688. The van der Waals surface area contributed by atoms with Gasteiger partial charge < -0.3 is 20.5 Å². The second-order valence-electron chi connectivity index (χ2n) is 5.39. The van der Waals surface area contributed by atoms with Gasteiger partial charge in [-0.25, -0.2) is 8.78 Å². The van der Waals surface area contributed by atoms with Crippen molar-refractivity contribution in [1.29, 1.82) is 0 Å². The highest BCUT2D eigenvalue weighted by molar-refractivity contribution is 5.99. The molecule has 1 aromatic carbocycles. The smallest absolute Gasteiger partial charge is 0.320 e. The third-order valence-electron chi connectivity index (χ3n) is 3.68. The average molecular weight is 372 g/mol. The van der Waals surface area contributed by atoms with Gasteiger partial charge in [0.1, 0.15) is 17.7 Å². The molecule has 0 aliphatic carbocycles. The summed E-state index contributed by atoms with van der Waals surface area (Å²) in [6.45, 7) is 1.29. The van der Waals surface area contributed by atoms with Crippen molar-refractivity contribution < 1.29 is 37.4 Å². The van der Waals surface area contributed by atoms with Crippen LogP contribution in [0.5, 0.6) is 0 Å². The summed E-state index contributed by atoms with van der Waals surface area (Å²) in [5.74, 6) is -8.79. The summed E-state index contributed by atoms with van der Waals surface area (Å²) in [6.07, 6.45) is 0. The monoisotopic (exact) mass is 372 g/mol. The number of hydrogen-bond donors (Lipinski definition) is 2. The number of carbonyl (C=O) groups excluding carboxylic acids is 4. The molecule has 0 aliphatic rings. The van der Waals surface area contributed by atoms with Gasteiger partial charge in [0, 0.05) is 17.5 Å². The number of nitrogens with one attached hydrogen (secondary N) is 1. The molecule has 0 heterocycles. The largest absolute Gasteiger partial charge is 0.468 e. The Morgan fingerprint density at radius 3 is 1.85 bits per heavy atom. The van der Waals surface area contributed by atoms with E-state index < -0.39 is 58.8 Å². The van der Waals surface area contributed by atoms with Crippen LogP contribution in [0.1, 0.15) is 17.3 Å². The number of methoxy groups -OCH3 is 2. The summed E-state index contributed by atoms with van der Waals surface area (Å²) in [7, 11) is 2.05. The maximum atomic E-state index is 13.2. The van der Waals surface area contributed by atoms with E-state index in [1.165, 1.54) is 6.92 Å². The van der Waals surface area contributed by atoms with Gasteiger partial charge in [0.2, 0.25) is 5.91 Å². The van der Waals surface area contributed by atoms with Crippen LogP contribution < -0.4 is 11.1 Å². The van der Waals surface area contributed by atoms with Gasteiger partial charge in [-0.2, -0.15) is 0 Å². The Hall–Kier alpha value is -3.04. The normalized spacial score (nSPS) is 12.8. The lowest BCUT2D eigenvalue weighted by atomic mass is 9.86. The maximum Gasteiger partial charge on any atom is 0.320 e. The first kappa shape index (κ1) is 21.0. The maximum absolute atomic E-state index is 13.2. The zero-order valence-corrected chi connectivity index (χ0v) is 14.2. The Labute approximate surface area is 147 Å². The lowest BCUT2D eigenvalue weighted by Crippen LogP contribution is -2.52. The molecule has 26 heavy (non-hydrogen) atoms. The van der Waals surface area contributed by atoms with Crippen LogP contribution in [-0.4, -0.2) is 44.0 Å². The van der Waals surface area contributed by atoms with E-state index >= 15 is 0 Å². The van der Waals surface area contributed by atoms with Crippen LogP contribution in [0, 0.1) is 23.5 Å². The van der Waals surface area contributed by atoms with Crippen LogP contribution >= 0.6 is 0 Å². The number of ether oxygens (including phenoxy) is 2. The number of rotatable bonds is 7. The highest BCUT2D eigenvalue weighted by Gasteiger charge is 2.41. The Morgan fingerprint density at radius 2 is 1.46 bits per heavy atom. The molecule has 0 saturated carbocycles. The van der Waals surface area contributed by atoms with Gasteiger partial charge in [-0.05, 0) is 12.1 Å². The number of amides is 2. The lowest BCUT2D eigenvalue weighted by molar-refractivity contribution is -0.161. The van der Waals surface area contributed by atoms with Crippen molar-refractivity contribution in [1.82, 2.24) is 5.32 Å². The molecule has 0 aromatic heterocycles. The van der Waals surface area contributed by atoms with E-state index in [1.807, 2.05) is 0 Å². The topological polar surface area (TPSA) is 125 Å². The number of halogens is 2. The molecule has 1 rings (SSSR count). The number of nitrogens with two attached hydrogens (primary N) is 1. The van der Waals surface area contributed by atoms with Crippen molar-refractivity contribution >= 4 is 23.8 Å². The number of benzene rings is 1. The molecule has 10 heteroatoms. The summed E-state index contributed by atoms with van der Waals surface area (Å²) in [4.78, 5) is 47.6. The number of esters is 2. The fraction of sp³-hybridized carbons (Fsp3) is 0.375. The summed E-state index contributed by atoms with van der Waals surface area (Å²) in [5.41, 5.74) is 4.83. The molecule has 2 atom stereocenters. The van der Waals surface area contributed by atoms with Gasteiger partial charge >= 0.3 is 11.9 Å². The van der Waals surface area contributed by atoms with Gasteiger partial charge in [0.15, 0.2) is 5.92 Å². The molecule has 2 amide bonds.